The first kappa shape index (κ1) is 16.2. The summed E-state index contributed by atoms with van der Waals surface area (Å²) in [4.78, 5) is 37.3. The molecule has 0 aromatic carbocycles. The van der Waals surface area contributed by atoms with Crippen LogP contribution in [0, 0.1) is 20.2 Å². The number of thiazole rings is 1. The van der Waals surface area contributed by atoms with Gasteiger partial charge in [-0.25, -0.2) is 4.98 Å². The minimum Gasteiger partial charge on any atom is -0.297 e. The summed E-state index contributed by atoms with van der Waals surface area (Å²) in [6.07, 6.45) is 0. The van der Waals surface area contributed by atoms with Crippen LogP contribution in [0.15, 0.2) is 29.0 Å². The topological polar surface area (TPSA) is 128 Å². The zero-order chi connectivity index (χ0) is 17.3. The Morgan fingerprint density at radius 1 is 1.12 bits per heavy atom. The van der Waals surface area contributed by atoms with Crippen molar-refractivity contribution in [3.05, 3.63) is 54.1 Å². The highest BCUT2D eigenvalue weighted by atomic mass is 32.1. The van der Waals surface area contributed by atoms with E-state index in [1.807, 2.05) is 0 Å². The van der Waals surface area contributed by atoms with Crippen molar-refractivity contribution in [2.45, 2.75) is 0 Å². The van der Waals surface area contributed by atoms with Crippen molar-refractivity contribution in [3.63, 3.8) is 0 Å². The summed E-state index contributed by atoms with van der Waals surface area (Å²) in [5.74, 6) is -0.494. The maximum absolute atomic E-state index is 12.0. The van der Waals surface area contributed by atoms with Gasteiger partial charge >= 0.3 is 5.00 Å². The number of hydrogen-bond acceptors (Lipinski definition) is 9. The highest BCUT2D eigenvalue weighted by molar-refractivity contribution is 7.18. The maximum atomic E-state index is 12.0. The Morgan fingerprint density at radius 2 is 1.92 bits per heavy atom. The fourth-order valence-electron chi connectivity index (χ4n) is 1.71. The normalized spacial score (nSPS) is 10.5. The van der Waals surface area contributed by atoms with Crippen LogP contribution in [0.4, 0.5) is 15.8 Å². The summed E-state index contributed by atoms with van der Waals surface area (Å²) in [5.41, 5.74) is 0.505. The number of nitrogens with one attached hydrogen (secondary N) is 1. The summed E-state index contributed by atoms with van der Waals surface area (Å²) < 4.78 is 0. The van der Waals surface area contributed by atoms with Crippen molar-refractivity contribution in [2.75, 3.05) is 5.32 Å². The van der Waals surface area contributed by atoms with Crippen LogP contribution in [0.25, 0.3) is 10.6 Å². The molecule has 0 unspecified atom stereocenters. The van der Waals surface area contributed by atoms with Crippen molar-refractivity contribution in [3.8, 4) is 10.6 Å². The van der Waals surface area contributed by atoms with E-state index in [0.717, 1.165) is 22.7 Å². The summed E-state index contributed by atoms with van der Waals surface area (Å²) in [5, 5.41) is 27.2. The molecule has 0 atom stereocenters. The number of amides is 1. The number of nitrogens with zero attached hydrogens (tertiary/aromatic N) is 3. The van der Waals surface area contributed by atoms with Gasteiger partial charge in [0.2, 0.25) is 0 Å². The molecule has 0 aliphatic rings. The molecule has 3 rings (SSSR count). The van der Waals surface area contributed by atoms with Crippen LogP contribution in [0.5, 0.6) is 0 Å². The van der Waals surface area contributed by atoms with Gasteiger partial charge < -0.3 is 0 Å². The number of hydrogen-bond donors (Lipinski definition) is 1. The summed E-state index contributed by atoms with van der Waals surface area (Å²) in [6, 6.07) is 4.04. The number of rotatable bonds is 5. The second-order valence-electron chi connectivity index (χ2n) is 4.31. The van der Waals surface area contributed by atoms with Gasteiger partial charge in [0.1, 0.15) is 0 Å². The van der Waals surface area contributed by atoms with E-state index in [4.69, 9.17) is 0 Å². The third kappa shape index (κ3) is 3.29. The van der Waals surface area contributed by atoms with E-state index in [-0.39, 0.29) is 15.6 Å². The molecule has 3 aromatic rings. The fourth-order valence-corrected chi connectivity index (χ4v) is 4.02. The van der Waals surface area contributed by atoms with Crippen LogP contribution in [-0.4, -0.2) is 20.7 Å². The molecule has 0 bridgehead atoms. The lowest BCUT2D eigenvalue weighted by molar-refractivity contribution is -0.384. The maximum Gasteiger partial charge on any atom is 0.324 e. The lowest BCUT2D eigenvalue weighted by Gasteiger charge is -1.97. The van der Waals surface area contributed by atoms with Crippen molar-refractivity contribution in [1.82, 2.24) is 4.98 Å². The number of carbonyl (C=O) groups is 1. The average Bonchev–Trinajstić information content (AvgIpc) is 3.26. The van der Waals surface area contributed by atoms with Gasteiger partial charge in [0.05, 0.1) is 30.7 Å². The molecule has 1 amide bonds. The van der Waals surface area contributed by atoms with E-state index < -0.39 is 15.8 Å². The van der Waals surface area contributed by atoms with Crippen molar-refractivity contribution < 1.29 is 14.6 Å². The molecule has 12 heteroatoms. The van der Waals surface area contributed by atoms with Crippen LogP contribution in [-0.2, 0) is 0 Å². The lowest BCUT2D eigenvalue weighted by Crippen LogP contribution is -2.09. The average molecular weight is 382 g/mol. The van der Waals surface area contributed by atoms with E-state index in [2.05, 4.69) is 10.3 Å². The highest BCUT2D eigenvalue weighted by Gasteiger charge is 2.17. The molecule has 3 aromatic heterocycles. The molecule has 0 aliphatic heterocycles. The van der Waals surface area contributed by atoms with Crippen molar-refractivity contribution in [2.24, 2.45) is 0 Å². The highest BCUT2D eigenvalue weighted by Crippen LogP contribution is 2.33. The van der Waals surface area contributed by atoms with Gasteiger partial charge in [-0.05, 0) is 6.07 Å². The zero-order valence-corrected chi connectivity index (χ0v) is 13.9. The largest absolute Gasteiger partial charge is 0.324 e. The first-order valence-electron chi connectivity index (χ1n) is 6.18. The lowest BCUT2D eigenvalue weighted by atomic mass is 10.4. The van der Waals surface area contributed by atoms with Gasteiger partial charge in [-0.3, -0.25) is 30.3 Å². The Kier molecular flexibility index (Phi) is 4.33. The molecule has 0 radical (unpaired) electrons. The van der Waals surface area contributed by atoms with Crippen LogP contribution < -0.4 is 5.32 Å². The quantitative estimate of drug-likeness (QED) is 0.524. The van der Waals surface area contributed by atoms with Crippen molar-refractivity contribution in [1.29, 1.82) is 0 Å². The van der Waals surface area contributed by atoms with Gasteiger partial charge in [-0.2, -0.15) is 0 Å². The molecule has 3 heterocycles. The van der Waals surface area contributed by atoms with Gasteiger partial charge in [0, 0.05) is 17.5 Å². The SMILES string of the molecule is O=C(Nc1nc(-c2cc([N+](=O)[O-])cs2)cs1)c1ccc([N+](=O)[O-])s1. The first-order chi connectivity index (χ1) is 11.4. The predicted octanol–water partition coefficient (Wildman–Crippen LogP) is 4.00. The molecular formula is C12H6N4O5S3. The molecule has 24 heavy (non-hydrogen) atoms. The number of nitro groups is 2. The molecule has 0 spiro atoms. The summed E-state index contributed by atoms with van der Waals surface area (Å²) >= 11 is 3.12. The number of carbonyl (C=O) groups excluding carboxylic acids is 1. The number of anilines is 1. The smallest absolute Gasteiger partial charge is 0.297 e. The Labute approximate surface area is 145 Å². The number of aromatic nitrogens is 1. The van der Waals surface area contributed by atoms with Crippen LogP contribution in [0.1, 0.15) is 9.67 Å². The zero-order valence-electron chi connectivity index (χ0n) is 11.5. The Bertz CT molecular complexity index is 944. The van der Waals surface area contributed by atoms with Crippen LogP contribution in [0.3, 0.4) is 0 Å². The molecular weight excluding hydrogens is 376 g/mol. The van der Waals surface area contributed by atoms with E-state index in [1.54, 1.807) is 5.38 Å². The van der Waals surface area contributed by atoms with Gasteiger partial charge in [0.25, 0.3) is 11.6 Å². The van der Waals surface area contributed by atoms with Crippen LogP contribution in [0.2, 0.25) is 0 Å². The molecule has 1 N–H and O–H groups in total. The third-order valence-corrected chi connectivity index (χ3v) is 5.50. The molecule has 9 nitrogen and oxygen atoms in total. The van der Waals surface area contributed by atoms with Crippen molar-refractivity contribution >= 4 is 55.7 Å². The monoisotopic (exact) mass is 382 g/mol. The standard InChI is InChI=1S/C12H6N4O5S3/c17-11(8-1-2-10(24-8)16(20)21)14-12-13-7(5-23-12)9-3-6(4-22-9)15(18)19/h1-5H,(H,13,14,17). The number of thiophene rings is 2. The molecule has 0 fully saturated rings. The van der Waals surface area contributed by atoms with E-state index >= 15 is 0 Å². The molecule has 0 saturated carbocycles. The minimum atomic E-state index is -0.563. The van der Waals surface area contributed by atoms with Crippen LogP contribution >= 0.6 is 34.0 Å². The molecule has 0 saturated heterocycles. The second kappa shape index (κ2) is 6.43. The Balaban J connectivity index is 1.74. The second-order valence-corrected chi connectivity index (χ2v) is 7.14. The summed E-state index contributed by atoms with van der Waals surface area (Å²) in [6.45, 7) is 0. The Hall–Kier alpha value is -2.70. The van der Waals surface area contributed by atoms with E-state index in [1.165, 1.54) is 34.9 Å². The minimum absolute atomic E-state index is 0.0144. The fraction of sp³-hybridized carbons (Fsp3) is 0. The summed E-state index contributed by atoms with van der Waals surface area (Å²) in [7, 11) is 0. The van der Waals surface area contributed by atoms with E-state index in [0.29, 0.717) is 15.7 Å². The van der Waals surface area contributed by atoms with E-state index in [9.17, 15) is 25.0 Å². The molecule has 0 aliphatic carbocycles. The Morgan fingerprint density at radius 3 is 2.54 bits per heavy atom. The van der Waals surface area contributed by atoms with Gasteiger partial charge in [0.15, 0.2) is 5.13 Å². The molecule has 122 valence electrons. The first-order valence-corrected chi connectivity index (χ1v) is 8.76. The van der Waals surface area contributed by atoms with Gasteiger partial charge in [-0.15, -0.1) is 22.7 Å². The third-order valence-electron chi connectivity index (χ3n) is 2.77. The predicted molar refractivity (Wildman–Crippen MR) is 91.0 cm³/mol. The van der Waals surface area contributed by atoms with Gasteiger partial charge in [-0.1, -0.05) is 11.3 Å².